The molecule has 0 aromatic carbocycles. The highest BCUT2D eigenvalue weighted by Gasteiger charge is 2.29. The molecule has 0 saturated carbocycles. The van der Waals surface area contributed by atoms with E-state index in [1.165, 1.54) is 17.0 Å². The zero-order valence-corrected chi connectivity index (χ0v) is 11.5. The molecule has 4 nitrogen and oxygen atoms in total. The number of piperazine rings is 1. The van der Waals surface area contributed by atoms with Gasteiger partial charge in [-0.3, -0.25) is 4.90 Å². The lowest BCUT2D eigenvalue weighted by molar-refractivity contribution is -0.141. The van der Waals surface area contributed by atoms with E-state index in [9.17, 15) is 13.2 Å². The minimum atomic E-state index is -4.20. The van der Waals surface area contributed by atoms with Crippen molar-refractivity contribution < 1.29 is 13.2 Å². The number of hydrogen-bond acceptors (Lipinski definition) is 3. The van der Waals surface area contributed by atoms with Crippen LogP contribution in [0.2, 0.25) is 0 Å². The molecule has 2 heterocycles. The summed E-state index contributed by atoms with van der Waals surface area (Å²) in [6.45, 7) is 4.09. The number of halogens is 4. The van der Waals surface area contributed by atoms with Crippen LogP contribution in [-0.4, -0.2) is 46.3 Å². The van der Waals surface area contributed by atoms with E-state index < -0.39 is 12.7 Å². The lowest BCUT2D eigenvalue weighted by Crippen LogP contribution is -2.49. The van der Waals surface area contributed by atoms with Gasteiger partial charge in [-0.25, -0.2) is 4.98 Å². The van der Waals surface area contributed by atoms with Crippen molar-refractivity contribution in [2.75, 3.05) is 19.6 Å². The fourth-order valence-electron chi connectivity index (χ4n) is 2.18. The third kappa shape index (κ3) is 5.00. The Balaban J connectivity index is 0.00000180. The van der Waals surface area contributed by atoms with Crippen molar-refractivity contribution in [2.24, 2.45) is 0 Å². The summed E-state index contributed by atoms with van der Waals surface area (Å²) >= 11 is 0. The lowest BCUT2D eigenvalue weighted by atomic mass is 10.2. The summed E-state index contributed by atoms with van der Waals surface area (Å²) in [6.07, 6.45) is -1.40. The van der Waals surface area contributed by atoms with E-state index in [0.29, 0.717) is 18.4 Å². The highest BCUT2D eigenvalue weighted by molar-refractivity contribution is 5.85. The smallest absolute Gasteiger partial charge is 0.325 e. The molecule has 1 N–H and O–H groups in total. The molecule has 2 rings (SSSR count). The molecule has 110 valence electrons. The summed E-state index contributed by atoms with van der Waals surface area (Å²) in [7, 11) is 0. The molecule has 1 atom stereocenters. The minimum absolute atomic E-state index is 0. The normalized spacial score (nSPS) is 21.2. The maximum atomic E-state index is 12.4. The number of rotatable bonds is 3. The maximum absolute atomic E-state index is 12.4. The molecule has 1 aliphatic heterocycles. The molecule has 0 spiro atoms. The molecule has 1 saturated heterocycles. The SMILES string of the molecule is C[C@H]1CN(Cc2nccn2CC(F)(F)F)CCN1.Cl. The Labute approximate surface area is 116 Å². The molecule has 0 amide bonds. The first-order valence-electron chi connectivity index (χ1n) is 5.96. The molecule has 0 radical (unpaired) electrons. The summed E-state index contributed by atoms with van der Waals surface area (Å²) < 4.78 is 38.3. The predicted octanol–water partition coefficient (Wildman–Crippen LogP) is 1.66. The summed E-state index contributed by atoms with van der Waals surface area (Å²) in [4.78, 5) is 6.14. The quantitative estimate of drug-likeness (QED) is 0.921. The van der Waals surface area contributed by atoms with Crippen LogP contribution in [0.5, 0.6) is 0 Å². The zero-order chi connectivity index (χ0) is 13.2. The Bertz CT molecular complexity index is 394. The fourth-order valence-corrected chi connectivity index (χ4v) is 2.18. The first-order valence-corrected chi connectivity index (χ1v) is 5.96. The van der Waals surface area contributed by atoms with Crippen molar-refractivity contribution >= 4 is 12.4 Å². The fraction of sp³-hybridized carbons (Fsp3) is 0.727. The maximum Gasteiger partial charge on any atom is 0.406 e. The van der Waals surface area contributed by atoms with Gasteiger partial charge < -0.3 is 9.88 Å². The highest BCUT2D eigenvalue weighted by Crippen LogP contribution is 2.18. The second kappa shape index (κ2) is 6.58. The monoisotopic (exact) mass is 298 g/mol. The van der Waals surface area contributed by atoms with Gasteiger partial charge in [-0.15, -0.1) is 12.4 Å². The van der Waals surface area contributed by atoms with E-state index >= 15 is 0 Å². The zero-order valence-electron chi connectivity index (χ0n) is 10.7. The molecule has 1 aromatic rings. The molecule has 1 fully saturated rings. The van der Waals surface area contributed by atoms with Crippen molar-refractivity contribution in [1.82, 2.24) is 19.8 Å². The average Bonchev–Trinajstić information content (AvgIpc) is 2.63. The number of hydrogen-bond donors (Lipinski definition) is 1. The number of aromatic nitrogens is 2. The van der Waals surface area contributed by atoms with Crippen LogP contribution in [0.4, 0.5) is 13.2 Å². The van der Waals surface area contributed by atoms with E-state index in [0.717, 1.165) is 19.6 Å². The molecule has 1 aromatic heterocycles. The number of nitrogens with zero attached hydrogens (tertiary/aromatic N) is 3. The molecular weight excluding hydrogens is 281 g/mol. The second-order valence-corrected chi connectivity index (χ2v) is 4.68. The topological polar surface area (TPSA) is 33.1 Å². The highest BCUT2D eigenvalue weighted by atomic mass is 35.5. The average molecular weight is 299 g/mol. The van der Waals surface area contributed by atoms with Crippen molar-refractivity contribution in [3.05, 3.63) is 18.2 Å². The standard InChI is InChI=1S/C11H17F3N4.ClH/c1-9-6-17(4-2-15-9)7-10-16-3-5-18(10)8-11(12,13)14;/h3,5,9,15H,2,4,6-8H2,1H3;1H/t9-;/m0./s1. The molecule has 8 heteroatoms. The van der Waals surface area contributed by atoms with Crippen LogP contribution in [0.15, 0.2) is 12.4 Å². The second-order valence-electron chi connectivity index (χ2n) is 4.68. The number of alkyl halides is 3. The van der Waals surface area contributed by atoms with Crippen LogP contribution >= 0.6 is 12.4 Å². The number of imidazole rings is 1. The third-order valence-electron chi connectivity index (χ3n) is 2.97. The van der Waals surface area contributed by atoms with Gasteiger partial charge in [-0.05, 0) is 6.92 Å². The van der Waals surface area contributed by atoms with Crippen molar-refractivity contribution in [2.45, 2.75) is 32.2 Å². The Kier molecular flexibility index (Phi) is 5.64. The van der Waals surface area contributed by atoms with Gasteiger partial charge in [-0.2, -0.15) is 13.2 Å². The van der Waals surface area contributed by atoms with Gasteiger partial charge in [0.1, 0.15) is 12.4 Å². The lowest BCUT2D eigenvalue weighted by Gasteiger charge is -2.31. The summed E-state index contributed by atoms with van der Waals surface area (Å²) in [5.74, 6) is 0.474. The molecular formula is C11H18ClF3N4. The Hall–Kier alpha value is -0.790. The molecule has 19 heavy (non-hydrogen) atoms. The van der Waals surface area contributed by atoms with Crippen LogP contribution in [0, 0.1) is 0 Å². The van der Waals surface area contributed by atoms with E-state index in [2.05, 4.69) is 22.1 Å². The Morgan fingerprint density at radius 1 is 1.47 bits per heavy atom. The third-order valence-corrected chi connectivity index (χ3v) is 2.97. The number of nitrogens with one attached hydrogen (secondary N) is 1. The van der Waals surface area contributed by atoms with Gasteiger partial charge >= 0.3 is 6.18 Å². The first-order chi connectivity index (χ1) is 8.44. The van der Waals surface area contributed by atoms with Gasteiger partial charge in [0.05, 0.1) is 6.54 Å². The first kappa shape index (κ1) is 16.3. The summed E-state index contributed by atoms with van der Waals surface area (Å²) in [5.41, 5.74) is 0. The van der Waals surface area contributed by atoms with Crippen molar-refractivity contribution in [1.29, 1.82) is 0 Å². The molecule has 0 aliphatic carbocycles. The summed E-state index contributed by atoms with van der Waals surface area (Å²) in [6, 6.07) is 0.366. The van der Waals surface area contributed by atoms with Crippen LogP contribution < -0.4 is 5.32 Å². The van der Waals surface area contributed by atoms with Crippen LogP contribution in [-0.2, 0) is 13.1 Å². The largest absolute Gasteiger partial charge is 0.406 e. The van der Waals surface area contributed by atoms with Crippen molar-refractivity contribution in [3.63, 3.8) is 0 Å². The Morgan fingerprint density at radius 3 is 2.84 bits per heavy atom. The summed E-state index contributed by atoms with van der Waals surface area (Å²) in [5, 5.41) is 3.30. The minimum Gasteiger partial charge on any atom is -0.325 e. The Morgan fingerprint density at radius 2 is 2.21 bits per heavy atom. The van der Waals surface area contributed by atoms with E-state index in [1.807, 2.05) is 0 Å². The van der Waals surface area contributed by atoms with Crippen molar-refractivity contribution in [3.8, 4) is 0 Å². The van der Waals surface area contributed by atoms with Gasteiger partial charge in [0.25, 0.3) is 0 Å². The van der Waals surface area contributed by atoms with E-state index in [1.54, 1.807) is 0 Å². The van der Waals surface area contributed by atoms with Gasteiger partial charge in [0.2, 0.25) is 0 Å². The molecule has 0 bridgehead atoms. The van der Waals surface area contributed by atoms with Gasteiger partial charge in [0, 0.05) is 38.1 Å². The van der Waals surface area contributed by atoms with Crippen LogP contribution in [0.3, 0.4) is 0 Å². The van der Waals surface area contributed by atoms with E-state index in [4.69, 9.17) is 0 Å². The van der Waals surface area contributed by atoms with Gasteiger partial charge in [-0.1, -0.05) is 0 Å². The molecule has 1 aliphatic rings. The van der Waals surface area contributed by atoms with E-state index in [-0.39, 0.29) is 12.4 Å². The van der Waals surface area contributed by atoms with Crippen LogP contribution in [0.25, 0.3) is 0 Å². The van der Waals surface area contributed by atoms with Gasteiger partial charge in [0.15, 0.2) is 0 Å². The molecule has 0 unspecified atom stereocenters. The predicted molar refractivity (Wildman–Crippen MR) is 68.3 cm³/mol. The van der Waals surface area contributed by atoms with Crippen LogP contribution in [0.1, 0.15) is 12.7 Å².